The molecule has 1 heterocycles. The highest BCUT2D eigenvalue weighted by Gasteiger charge is 2.30. The van der Waals surface area contributed by atoms with Crippen LogP contribution in [0.25, 0.3) is 5.57 Å². The van der Waals surface area contributed by atoms with Gasteiger partial charge in [0.1, 0.15) is 5.75 Å². The molecule has 0 unspecified atom stereocenters. The molecule has 0 atom stereocenters. The van der Waals surface area contributed by atoms with Crippen LogP contribution in [0.1, 0.15) is 44.4 Å². The standard InChI is InChI=1S/C24H28ClN3O2/c1-6-28-22-13-21(25)18(12-20(22)16(2)14-24(28,3)4)15-26-27-23(29)11-17-7-9-19(30-5)10-8-17/h7-10,12-15H,6,11H2,1-5H3,(H,27,29)/b26-15+. The number of rotatable bonds is 6. The Morgan fingerprint density at radius 3 is 2.60 bits per heavy atom. The zero-order chi connectivity index (χ0) is 21.9. The molecule has 0 saturated heterocycles. The number of hydrazone groups is 1. The summed E-state index contributed by atoms with van der Waals surface area (Å²) in [7, 11) is 1.61. The fourth-order valence-corrected chi connectivity index (χ4v) is 4.14. The molecule has 0 aromatic heterocycles. The van der Waals surface area contributed by atoms with Crippen LogP contribution in [0.2, 0.25) is 5.02 Å². The number of nitrogens with one attached hydrogen (secondary N) is 1. The number of benzene rings is 2. The van der Waals surface area contributed by atoms with E-state index in [-0.39, 0.29) is 17.9 Å². The van der Waals surface area contributed by atoms with Crippen molar-refractivity contribution in [3.8, 4) is 5.75 Å². The van der Waals surface area contributed by atoms with Crippen molar-refractivity contribution in [3.05, 3.63) is 64.2 Å². The van der Waals surface area contributed by atoms with Gasteiger partial charge < -0.3 is 9.64 Å². The van der Waals surface area contributed by atoms with Crippen molar-refractivity contribution < 1.29 is 9.53 Å². The van der Waals surface area contributed by atoms with Gasteiger partial charge in [-0.25, -0.2) is 5.43 Å². The van der Waals surface area contributed by atoms with E-state index in [4.69, 9.17) is 16.3 Å². The molecule has 0 saturated carbocycles. The molecule has 0 fully saturated rings. The van der Waals surface area contributed by atoms with E-state index in [0.29, 0.717) is 5.02 Å². The van der Waals surface area contributed by atoms with E-state index in [9.17, 15) is 4.79 Å². The molecule has 0 radical (unpaired) electrons. The van der Waals surface area contributed by atoms with Crippen LogP contribution in [0.4, 0.5) is 5.69 Å². The SMILES string of the molecule is CCN1c2cc(Cl)c(/C=N/NC(=O)Cc3ccc(OC)cc3)cc2C(C)=CC1(C)C. The van der Waals surface area contributed by atoms with Crippen LogP contribution >= 0.6 is 11.6 Å². The van der Waals surface area contributed by atoms with E-state index in [0.717, 1.165) is 34.7 Å². The number of anilines is 1. The van der Waals surface area contributed by atoms with Crippen LogP contribution in [0.5, 0.6) is 5.75 Å². The molecule has 1 amide bonds. The van der Waals surface area contributed by atoms with Gasteiger partial charge in [-0.1, -0.05) is 29.8 Å². The van der Waals surface area contributed by atoms with Crippen molar-refractivity contribution >= 4 is 35.0 Å². The number of fused-ring (bicyclic) bond motifs is 1. The molecular formula is C24H28ClN3O2. The van der Waals surface area contributed by atoms with Gasteiger partial charge in [-0.3, -0.25) is 4.79 Å². The topological polar surface area (TPSA) is 53.9 Å². The minimum Gasteiger partial charge on any atom is -0.497 e. The lowest BCUT2D eigenvalue weighted by Gasteiger charge is -2.43. The molecule has 3 rings (SSSR count). The van der Waals surface area contributed by atoms with Crippen molar-refractivity contribution in [3.63, 3.8) is 0 Å². The molecule has 1 aliphatic rings. The highest BCUT2D eigenvalue weighted by molar-refractivity contribution is 6.33. The minimum atomic E-state index is -0.194. The van der Waals surface area contributed by atoms with E-state index >= 15 is 0 Å². The number of allylic oxidation sites excluding steroid dienone is 1. The van der Waals surface area contributed by atoms with Gasteiger partial charge in [0, 0.05) is 23.4 Å². The number of likely N-dealkylation sites (N-methyl/N-ethyl adjacent to an activating group) is 1. The number of amides is 1. The number of carbonyl (C=O) groups excluding carboxylic acids is 1. The number of hydrogen-bond donors (Lipinski definition) is 1. The fourth-order valence-electron chi connectivity index (χ4n) is 3.93. The molecule has 158 valence electrons. The lowest BCUT2D eigenvalue weighted by molar-refractivity contribution is -0.120. The van der Waals surface area contributed by atoms with Gasteiger partial charge in [0.25, 0.3) is 0 Å². The Hall–Kier alpha value is -2.79. The average molecular weight is 426 g/mol. The van der Waals surface area contributed by atoms with E-state index in [2.05, 4.69) is 49.2 Å². The Morgan fingerprint density at radius 2 is 1.97 bits per heavy atom. The summed E-state index contributed by atoms with van der Waals surface area (Å²) in [6.07, 6.45) is 4.10. The second-order valence-electron chi connectivity index (χ2n) is 7.93. The average Bonchev–Trinajstić information content (AvgIpc) is 2.69. The Balaban J connectivity index is 1.73. The number of ether oxygens (including phenoxy) is 1. The molecule has 6 heteroatoms. The summed E-state index contributed by atoms with van der Waals surface area (Å²) in [5, 5.41) is 4.71. The zero-order valence-corrected chi connectivity index (χ0v) is 18.9. The predicted octanol–water partition coefficient (Wildman–Crippen LogP) is 5.06. The summed E-state index contributed by atoms with van der Waals surface area (Å²) in [4.78, 5) is 14.5. The van der Waals surface area contributed by atoms with Crippen LogP contribution in [0.15, 0.2) is 47.6 Å². The summed E-state index contributed by atoms with van der Waals surface area (Å²) in [5.41, 5.74) is 7.61. The van der Waals surface area contributed by atoms with Crippen LogP contribution < -0.4 is 15.1 Å². The summed E-state index contributed by atoms with van der Waals surface area (Å²) in [6, 6.07) is 11.4. The lowest BCUT2D eigenvalue weighted by Crippen LogP contribution is -2.44. The zero-order valence-electron chi connectivity index (χ0n) is 18.1. The molecule has 0 bridgehead atoms. The van der Waals surface area contributed by atoms with Crippen molar-refractivity contribution in [1.82, 2.24) is 5.43 Å². The van der Waals surface area contributed by atoms with Gasteiger partial charge in [-0.15, -0.1) is 0 Å². The van der Waals surface area contributed by atoms with Crippen LogP contribution in [0, 0.1) is 0 Å². The first-order valence-electron chi connectivity index (χ1n) is 10.0. The Labute approximate surface area is 183 Å². The Kier molecular flexibility index (Phi) is 6.52. The maximum absolute atomic E-state index is 12.2. The van der Waals surface area contributed by atoms with Gasteiger partial charge in [-0.05, 0) is 63.1 Å². The second-order valence-corrected chi connectivity index (χ2v) is 8.34. The van der Waals surface area contributed by atoms with Gasteiger partial charge in [0.2, 0.25) is 5.91 Å². The predicted molar refractivity (Wildman–Crippen MR) is 125 cm³/mol. The smallest absolute Gasteiger partial charge is 0.244 e. The number of carbonyl (C=O) groups is 1. The largest absolute Gasteiger partial charge is 0.497 e. The summed E-state index contributed by atoms with van der Waals surface area (Å²) >= 11 is 6.54. The third kappa shape index (κ3) is 4.68. The van der Waals surface area contributed by atoms with E-state index in [1.54, 1.807) is 13.3 Å². The monoisotopic (exact) mass is 425 g/mol. The number of hydrogen-bond acceptors (Lipinski definition) is 4. The molecule has 30 heavy (non-hydrogen) atoms. The molecular weight excluding hydrogens is 398 g/mol. The number of halogens is 1. The third-order valence-electron chi connectivity index (χ3n) is 5.33. The van der Waals surface area contributed by atoms with Crippen molar-refractivity contribution in [2.45, 2.75) is 39.7 Å². The van der Waals surface area contributed by atoms with E-state index < -0.39 is 0 Å². The maximum Gasteiger partial charge on any atom is 0.244 e. The second kappa shape index (κ2) is 8.92. The summed E-state index contributed by atoms with van der Waals surface area (Å²) < 4.78 is 5.13. The molecule has 5 nitrogen and oxygen atoms in total. The Bertz CT molecular complexity index is 994. The molecule has 1 N–H and O–H groups in total. The van der Waals surface area contributed by atoms with Gasteiger partial charge in [0.05, 0.1) is 30.3 Å². The maximum atomic E-state index is 12.2. The summed E-state index contributed by atoms with van der Waals surface area (Å²) in [6.45, 7) is 9.53. The van der Waals surface area contributed by atoms with Gasteiger partial charge >= 0.3 is 0 Å². The Morgan fingerprint density at radius 1 is 1.27 bits per heavy atom. The molecule has 2 aromatic carbocycles. The highest BCUT2D eigenvalue weighted by atomic mass is 35.5. The molecule has 1 aliphatic heterocycles. The van der Waals surface area contributed by atoms with Gasteiger partial charge in [0.15, 0.2) is 0 Å². The number of nitrogens with zero attached hydrogens (tertiary/aromatic N) is 2. The normalized spacial score (nSPS) is 15.0. The first-order valence-corrected chi connectivity index (χ1v) is 10.4. The van der Waals surface area contributed by atoms with E-state index in [1.807, 2.05) is 36.4 Å². The van der Waals surface area contributed by atoms with Crippen LogP contribution in [-0.2, 0) is 11.2 Å². The van der Waals surface area contributed by atoms with Crippen LogP contribution in [-0.4, -0.2) is 31.3 Å². The molecule has 0 aliphatic carbocycles. The van der Waals surface area contributed by atoms with Crippen LogP contribution in [0.3, 0.4) is 0 Å². The summed E-state index contributed by atoms with van der Waals surface area (Å²) in [5.74, 6) is 0.564. The lowest BCUT2D eigenvalue weighted by atomic mass is 9.88. The molecule has 2 aromatic rings. The van der Waals surface area contributed by atoms with Crippen molar-refractivity contribution in [2.24, 2.45) is 5.10 Å². The fraction of sp³-hybridized carbons (Fsp3) is 0.333. The minimum absolute atomic E-state index is 0.0692. The first kappa shape index (κ1) is 21.9. The number of methoxy groups -OCH3 is 1. The van der Waals surface area contributed by atoms with Gasteiger partial charge in [-0.2, -0.15) is 5.10 Å². The third-order valence-corrected chi connectivity index (χ3v) is 5.66. The quantitative estimate of drug-likeness (QED) is 0.519. The van der Waals surface area contributed by atoms with Crippen molar-refractivity contribution in [2.75, 3.05) is 18.6 Å². The van der Waals surface area contributed by atoms with E-state index in [1.165, 1.54) is 5.57 Å². The van der Waals surface area contributed by atoms with Crippen molar-refractivity contribution in [1.29, 1.82) is 0 Å². The highest BCUT2D eigenvalue weighted by Crippen LogP contribution is 2.40. The molecule has 0 spiro atoms. The first-order chi connectivity index (χ1) is 14.2.